The first-order chi connectivity index (χ1) is 8.74. The second-order valence-corrected chi connectivity index (χ2v) is 4.43. The van der Waals surface area contributed by atoms with E-state index < -0.39 is 0 Å². The predicted octanol–water partition coefficient (Wildman–Crippen LogP) is 1.55. The van der Waals surface area contributed by atoms with Gasteiger partial charge in [-0.1, -0.05) is 18.2 Å². The van der Waals surface area contributed by atoms with Crippen LogP contribution in [0.3, 0.4) is 0 Å². The Hall–Kier alpha value is -1.55. The van der Waals surface area contributed by atoms with Gasteiger partial charge in [-0.3, -0.25) is 0 Å². The van der Waals surface area contributed by atoms with Gasteiger partial charge in [0.1, 0.15) is 6.04 Å². The Labute approximate surface area is 108 Å². The maximum Gasteiger partial charge on any atom is 0.328 e. The molecule has 1 aliphatic heterocycles. The van der Waals surface area contributed by atoms with Crippen molar-refractivity contribution in [3.8, 4) is 0 Å². The van der Waals surface area contributed by atoms with Crippen molar-refractivity contribution < 1.29 is 9.53 Å². The van der Waals surface area contributed by atoms with E-state index >= 15 is 0 Å². The number of anilines is 1. The number of esters is 1. The summed E-state index contributed by atoms with van der Waals surface area (Å²) in [5, 5.41) is 3.37. The third-order valence-corrected chi connectivity index (χ3v) is 3.24. The number of hydrogen-bond donors (Lipinski definition) is 1. The standard InChI is InChI=1S/C14H20N2O2/c1-3-18-14(17)11(2)16-9-8-15-10-12-6-4-5-7-13(12)16/h4-7,11,15H,3,8-10H2,1-2H3. The number of nitrogens with one attached hydrogen (secondary N) is 1. The number of ether oxygens (including phenoxy) is 1. The number of carbonyl (C=O) groups excluding carboxylic acids is 1. The van der Waals surface area contributed by atoms with E-state index in [1.165, 1.54) is 5.56 Å². The zero-order chi connectivity index (χ0) is 13.0. The normalized spacial score (nSPS) is 16.7. The van der Waals surface area contributed by atoms with Gasteiger partial charge in [0.25, 0.3) is 0 Å². The predicted molar refractivity (Wildman–Crippen MR) is 71.6 cm³/mol. The van der Waals surface area contributed by atoms with E-state index in [1.54, 1.807) is 0 Å². The first-order valence-corrected chi connectivity index (χ1v) is 6.46. The van der Waals surface area contributed by atoms with Crippen molar-refractivity contribution >= 4 is 11.7 Å². The summed E-state index contributed by atoms with van der Waals surface area (Å²) in [5.41, 5.74) is 2.36. The molecule has 0 spiro atoms. The zero-order valence-electron chi connectivity index (χ0n) is 11.0. The Balaban J connectivity index is 2.24. The van der Waals surface area contributed by atoms with E-state index in [-0.39, 0.29) is 12.0 Å². The highest BCUT2D eigenvalue weighted by Gasteiger charge is 2.25. The quantitative estimate of drug-likeness (QED) is 0.824. The Kier molecular flexibility index (Phi) is 4.20. The summed E-state index contributed by atoms with van der Waals surface area (Å²) >= 11 is 0. The van der Waals surface area contributed by atoms with Gasteiger partial charge in [-0.25, -0.2) is 4.79 Å². The van der Waals surface area contributed by atoms with Crippen molar-refractivity contribution in [2.24, 2.45) is 0 Å². The molecule has 1 N–H and O–H groups in total. The molecule has 0 aromatic heterocycles. The van der Waals surface area contributed by atoms with E-state index in [9.17, 15) is 4.79 Å². The minimum absolute atomic E-state index is 0.158. The van der Waals surface area contributed by atoms with Crippen molar-refractivity contribution in [1.29, 1.82) is 0 Å². The lowest BCUT2D eigenvalue weighted by molar-refractivity contribution is -0.144. The third kappa shape index (κ3) is 2.64. The topological polar surface area (TPSA) is 41.6 Å². The monoisotopic (exact) mass is 248 g/mol. The molecule has 0 saturated heterocycles. The van der Waals surface area contributed by atoms with Gasteiger partial charge in [-0.05, 0) is 25.5 Å². The lowest BCUT2D eigenvalue weighted by Gasteiger charge is -2.29. The number of para-hydroxylation sites is 1. The number of benzene rings is 1. The molecule has 4 nitrogen and oxygen atoms in total. The average molecular weight is 248 g/mol. The maximum absolute atomic E-state index is 11.9. The summed E-state index contributed by atoms with van der Waals surface area (Å²) in [6.07, 6.45) is 0. The van der Waals surface area contributed by atoms with E-state index in [4.69, 9.17) is 4.74 Å². The summed E-state index contributed by atoms with van der Waals surface area (Å²) in [5.74, 6) is -0.158. The van der Waals surface area contributed by atoms with Crippen LogP contribution in [0.4, 0.5) is 5.69 Å². The number of hydrogen-bond acceptors (Lipinski definition) is 4. The fraction of sp³-hybridized carbons (Fsp3) is 0.500. The average Bonchev–Trinajstić information content (AvgIpc) is 2.60. The fourth-order valence-corrected chi connectivity index (χ4v) is 2.28. The Bertz CT molecular complexity index is 420. The lowest BCUT2D eigenvalue weighted by atomic mass is 10.1. The van der Waals surface area contributed by atoms with Crippen LogP contribution in [0.2, 0.25) is 0 Å². The summed E-state index contributed by atoms with van der Waals surface area (Å²) in [4.78, 5) is 14.0. The highest BCUT2D eigenvalue weighted by Crippen LogP contribution is 2.24. The molecule has 0 aliphatic carbocycles. The molecule has 1 aromatic carbocycles. The van der Waals surface area contributed by atoms with Crippen LogP contribution < -0.4 is 10.2 Å². The van der Waals surface area contributed by atoms with Crippen LogP contribution in [0.25, 0.3) is 0 Å². The van der Waals surface area contributed by atoms with Crippen molar-refractivity contribution in [3.05, 3.63) is 29.8 Å². The zero-order valence-corrected chi connectivity index (χ0v) is 11.0. The third-order valence-electron chi connectivity index (χ3n) is 3.24. The van der Waals surface area contributed by atoms with Crippen LogP contribution in [0.1, 0.15) is 19.4 Å². The molecule has 0 radical (unpaired) electrons. The summed E-state index contributed by atoms with van der Waals surface area (Å²) in [7, 11) is 0. The minimum Gasteiger partial charge on any atom is -0.464 e. The smallest absolute Gasteiger partial charge is 0.328 e. The van der Waals surface area contributed by atoms with E-state index in [0.29, 0.717) is 6.61 Å². The molecule has 0 fully saturated rings. The molecule has 1 aliphatic rings. The minimum atomic E-state index is -0.244. The van der Waals surface area contributed by atoms with E-state index in [2.05, 4.69) is 22.3 Å². The number of rotatable bonds is 3. The van der Waals surface area contributed by atoms with Crippen LogP contribution in [-0.4, -0.2) is 31.7 Å². The van der Waals surface area contributed by atoms with Gasteiger partial charge in [0.05, 0.1) is 6.61 Å². The van der Waals surface area contributed by atoms with Crippen molar-refractivity contribution in [1.82, 2.24) is 5.32 Å². The molecule has 18 heavy (non-hydrogen) atoms. The van der Waals surface area contributed by atoms with Crippen molar-refractivity contribution in [3.63, 3.8) is 0 Å². The second-order valence-electron chi connectivity index (χ2n) is 4.43. The highest BCUT2D eigenvalue weighted by molar-refractivity contribution is 5.80. The SMILES string of the molecule is CCOC(=O)C(C)N1CCNCc2ccccc21. The summed E-state index contributed by atoms with van der Waals surface area (Å²) in [6, 6.07) is 7.95. The molecule has 0 bridgehead atoms. The van der Waals surface area contributed by atoms with Crippen LogP contribution in [0.5, 0.6) is 0 Å². The lowest BCUT2D eigenvalue weighted by Crippen LogP contribution is -2.42. The number of carbonyl (C=O) groups is 1. The molecule has 1 aromatic rings. The van der Waals surface area contributed by atoms with Gasteiger partial charge in [0.15, 0.2) is 0 Å². The molecule has 2 rings (SSSR count). The second kappa shape index (κ2) is 5.87. The molecule has 1 unspecified atom stereocenters. The fourth-order valence-electron chi connectivity index (χ4n) is 2.28. The molecule has 98 valence electrons. The van der Waals surface area contributed by atoms with Gasteiger partial charge >= 0.3 is 5.97 Å². The maximum atomic E-state index is 11.9. The Morgan fingerprint density at radius 2 is 2.28 bits per heavy atom. The van der Waals surface area contributed by atoms with Crippen LogP contribution in [0.15, 0.2) is 24.3 Å². The molecule has 0 saturated carbocycles. The largest absolute Gasteiger partial charge is 0.464 e. The first-order valence-electron chi connectivity index (χ1n) is 6.46. The molecular formula is C14H20N2O2. The van der Waals surface area contributed by atoms with E-state index in [1.807, 2.05) is 26.0 Å². The van der Waals surface area contributed by atoms with Crippen LogP contribution in [-0.2, 0) is 16.1 Å². The van der Waals surface area contributed by atoms with Crippen molar-refractivity contribution in [2.45, 2.75) is 26.4 Å². The van der Waals surface area contributed by atoms with Gasteiger partial charge in [-0.2, -0.15) is 0 Å². The molecule has 1 atom stereocenters. The van der Waals surface area contributed by atoms with E-state index in [0.717, 1.165) is 25.3 Å². The Morgan fingerprint density at radius 3 is 3.06 bits per heavy atom. The molecule has 0 amide bonds. The summed E-state index contributed by atoms with van der Waals surface area (Å²) < 4.78 is 5.11. The summed E-state index contributed by atoms with van der Waals surface area (Å²) in [6.45, 7) is 6.71. The first kappa shape index (κ1) is 12.9. The van der Waals surface area contributed by atoms with Gasteiger partial charge in [0, 0.05) is 25.3 Å². The molecule has 1 heterocycles. The number of nitrogens with zero attached hydrogens (tertiary/aromatic N) is 1. The van der Waals surface area contributed by atoms with Gasteiger partial charge in [-0.15, -0.1) is 0 Å². The van der Waals surface area contributed by atoms with Gasteiger partial charge in [0.2, 0.25) is 0 Å². The number of fused-ring (bicyclic) bond motifs is 1. The molecular weight excluding hydrogens is 228 g/mol. The molecule has 4 heteroatoms. The van der Waals surface area contributed by atoms with Crippen LogP contribution >= 0.6 is 0 Å². The van der Waals surface area contributed by atoms with Crippen LogP contribution in [0, 0.1) is 0 Å². The Morgan fingerprint density at radius 1 is 1.50 bits per heavy atom. The van der Waals surface area contributed by atoms with Crippen molar-refractivity contribution in [2.75, 3.05) is 24.6 Å². The highest BCUT2D eigenvalue weighted by atomic mass is 16.5. The van der Waals surface area contributed by atoms with Gasteiger partial charge < -0.3 is 15.0 Å².